The smallest absolute Gasteiger partial charge is 0.267 e. The van der Waals surface area contributed by atoms with Crippen molar-refractivity contribution in [3.05, 3.63) is 57.3 Å². The van der Waals surface area contributed by atoms with E-state index < -0.39 is 0 Å². The van der Waals surface area contributed by atoms with Crippen molar-refractivity contribution >= 4 is 17.0 Å². The van der Waals surface area contributed by atoms with Crippen molar-refractivity contribution in [3.8, 4) is 0 Å². The fourth-order valence-electron chi connectivity index (χ4n) is 3.83. The summed E-state index contributed by atoms with van der Waals surface area (Å²) >= 11 is 0. The molecule has 1 N–H and O–H groups in total. The maximum atomic E-state index is 12.9. The number of nitrogens with one attached hydrogen (secondary N) is 1. The Labute approximate surface area is 156 Å². The Kier molecular flexibility index (Phi) is 4.51. The zero-order valence-corrected chi connectivity index (χ0v) is 15.5. The van der Waals surface area contributed by atoms with Crippen molar-refractivity contribution in [3.63, 3.8) is 0 Å². The maximum Gasteiger partial charge on any atom is 0.267 e. The van der Waals surface area contributed by atoms with Gasteiger partial charge in [-0.15, -0.1) is 0 Å². The molecule has 140 valence electrons. The van der Waals surface area contributed by atoms with Gasteiger partial charge in [0.05, 0.1) is 11.7 Å². The quantitative estimate of drug-likeness (QED) is 0.766. The van der Waals surface area contributed by atoms with Crippen LogP contribution in [0.15, 0.2) is 33.6 Å². The third kappa shape index (κ3) is 3.13. The molecule has 0 fully saturated rings. The summed E-state index contributed by atoms with van der Waals surface area (Å²) in [6.07, 6.45) is 3.50. The van der Waals surface area contributed by atoms with Crippen LogP contribution in [0.1, 0.15) is 48.5 Å². The van der Waals surface area contributed by atoms with Crippen LogP contribution in [-0.4, -0.2) is 20.6 Å². The van der Waals surface area contributed by atoms with E-state index in [9.17, 15) is 9.59 Å². The van der Waals surface area contributed by atoms with Crippen LogP contribution < -0.4 is 10.9 Å². The fourth-order valence-corrected chi connectivity index (χ4v) is 3.83. The Morgan fingerprint density at radius 3 is 3.00 bits per heavy atom. The van der Waals surface area contributed by atoms with Gasteiger partial charge in [0, 0.05) is 6.42 Å². The summed E-state index contributed by atoms with van der Waals surface area (Å²) in [6.45, 7) is 3.53. The maximum absolute atomic E-state index is 12.9. The molecule has 7 heteroatoms. The second-order valence-corrected chi connectivity index (χ2v) is 6.93. The van der Waals surface area contributed by atoms with E-state index in [1.165, 1.54) is 15.7 Å². The number of rotatable bonds is 4. The van der Waals surface area contributed by atoms with Crippen LogP contribution in [0.2, 0.25) is 0 Å². The van der Waals surface area contributed by atoms with E-state index in [2.05, 4.69) is 27.6 Å². The van der Waals surface area contributed by atoms with Crippen LogP contribution in [0.3, 0.4) is 0 Å². The lowest BCUT2D eigenvalue weighted by molar-refractivity contribution is -0.122. The zero-order chi connectivity index (χ0) is 19.0. The Hall–Kier alpha value is -2.96. The number of aromatic nitrogens is 3. The Balaban J connectivity index is 1.61. The lowest BCUT2D eigenvalue weighted by Gasteiger charge is -2.26. The number of hydrogen-bond donors (Lipinski definition) is 1. The third-order valence-corrected chi connectivity index (χ3v) is 5.17. The minimum absolute atomic E-state index is 0.0164. The van der Waals surface area contributed by atoms with Crippen LogP contribution in [0.25, 0.3) is 11.1 Å². The number of benzene rings is 1. The predicted molar refractivity (Wildman–Crippen MR) is 100 cm³/mol. The van der Waals surface area contributed by atoms with E-state index in [-0.39, 0.29) is 29.8 Å². The van der Waals surface area contributed by atoms with Crippen LogP contribution >= 0.6 is 0 Å². The Morgan fingerprint density at radius 1 is 1.37 bits per heavy atom. The van der Waals surface area contributed by atoms with Crippen molar-refractivity contribution in [1.82, 2.24) is 20.0 Å². The van der Waals surface area contributed by atoms with Crippen molar-refractivity contribution < 1.29 is 9.32 Å². The highest BCUT2D eigenvalue weighted by Crippen LogP contribution is 2.29. The molecule has 4 rings (SSSR count). The van der Waals surface area contributed by atoms with Gasteiger partial charge in [-0.1, -0.05) is 36.3 Å². The molecule has 2 aromatic heterocycles. The van der Waals surface area contributed by atoms with Gasteiger partial charge in [-0.05, 0) is 37.3 Å². The van der Waals surface area contributed by atoms with E-state index in [0.29, 0.717) is 23.3 Å². The van der Waals surface area contributed by atoms with Gasteiger partial charge in [0.1, 0.15) is 17.8 Å². The third-order valence-electron chi connectivity index (χ3n) is 5.17. The second-order valence-electron chi connectivity index (χ2n) is 6.93. The number of hydrogen-bond acceptors (Lipinski definition) is 5. The summed E-state index contributed by atoms with van der Waals surface area (Å²) in [5.41, 5.74) is 2.88. The number of fused-ring (bicyclic) bond motifs is 2. The molecule has 7 nitrogen and oxygen atoms in total. The molecule has 0 radical (unpaired) electrons. The monoisotopic (exact) mass is 366 g/mol. The molecule has 1 aliphatic carbocycles. The molecule has 0 unspecified atom stereocenters. The van der Waals surface area contributed by atoms with Gasteiger partial charge in [0.2, 0.25) is 5.91 Å². The summed E-state index contributed by atoms with van der Waals surface area (Å²) in [7, 11) is 0. The molecule has 0 spiro atoms. The van der Waals surface area contributed by atoms with Gasteiger partial charge in [0.15, 0.2) is 0 Å². The summed E-state index contributed by atoms with van der Waals surface area (Å²) in [5, 5.41) is 7.25. The molecule has 27 heavy (non-hydrogen) atoms. The van der Waals surface area contributed by atoms with E-state index in [4.69, 9.17) is 4.52 Å². The molecule has 0 aliphatic heterocycles. The number of carbonyl (C=O) groups excluding carboxylic acids is 1. The number of carbonyl (C=O) groups is 1. The highest BCUT2D eigenvalue weighted by molar-refractivity contribution is 5.78. The topological polar surface area (TPSA) is 90.0 Å². The normalized spacial score (nSPS) is 16.3. The average Bonchev–Trinajstić information content (AvgIpc) is 3.05. The molecule has 1 amide bonds. The van der Waals surface area contributed by atoms with E-state index in [1.807, 2.05) is 19.1 Å². The van der Waals surface area contributed by atoms with Crippen LogP contribution in [-0.2, 0) is 24.2 Å². The molecule has 2 heterocycles. The molecule has 0 bridgehead atoms. The van der Waals surface area contributed by atoms with Crippen molar-refractivity contribution in [2.45, 2.75) is 52.1 Å². The zero-order valence-electron chi connectivity index (χ0n) is 15.5. The lowest BCUT2D eigenvalue weighted by atomic mass is 9.88. The van der Waals surface area contributed by atoms with Gasteiger partial charge in [-0.2, -0.15) is 4.98 Å². The molecule has 1 atom stereocenters. The molecule has 0 saturated heterocycles. The van der Waals surface area contributed by atoms with Gasteiger partial charge in [-0.3, -0.25) is 14.2 Å². The highest BCUT2D eigenvalue weighted by Gasteiger charge is 2.23. The first-order valence-corrected chi connectivity index (χ1v) is 9.31. The predicted octanol–water partition coefficient (Wildman–Crippen LogP) is 2.45. The van der Waals surface area contributed by atoms with Gasteiger partial charge >= 0.3 is 0 Å². The van der Waals surface area contributed by atoms with Gasteiger partial charge < -0.3 is 9.84 Å². The van der Waals surface area contributed by atoms with E-state index in [0.717, 1.165) is 19.3 Å². The Bertz CT molecular complexity index is 1070. The number of nitrogens with zero attached hydrogens (tertiary/aromatic N) is 3. The SMILES string of the molecule is CCc1nc2onc(C)c2c(=O)n1CC(=O)N[C@@H]1CCCc2ccccc21. The Morgan fingerprint density at radius 2 is 2.19 bits per heavy atom. The largest absolute Gasteiger partial charge is 0.348 e. The van der Waals surface area contributed by atoms with Gasteiger partial charge in [0.25, 0.3) is 11.3 Å². The standard InChI is InChI=1S/C20H22N4O3/c1-3-16-22-19-18(12(2)23-27-19)20(26)24(16)11-17(25)21-15-10-6-8-13-7-4-5-9-14(13)15/h4-5,7,9,15H,3,6,8,10-11H2,1-2H3,(H,21,25)/t15-/m1/s1. The molecule has 1 aliphatic rings. The fraction of sp³-hybridized carbons (Fsp3) is 0.400. The van der Waals surface area contributed by atoms with Crippen LogP contribution in [0.5, 0.6) is 0 Å². The first kappa shape index (κ1) is 17.5. The second kappa shape index (κ2) is 6.98. The van der Waals surface area contributed by atoms with E-state index in [1.54, 1.807) is 6.92 Å². The summed E-state index contributed by atoms with van der Waals surface area (Å²) in [5.74, 6) is 0.326. The van der Waals surface area contributed by atoms with Crippen LogP contribution in [0, 0.1) is 6.92 Å². The van der Waals surface area contributed by atoms with Gasteiger partial charge in [-0.25, -0.2) is 0 Å². The first-order chi connectivity index (χ1) is 13.1. The molecule has 3 aromatic rings. The lowest BCUT2D eigenvalue weighted by Crippen LogP contribution is -2.37. The summed E-state index contributed by atoms with van der Waals surface area (Å²) in [6, 6.07) is 8.18. The summed E-state index contributed by atoms with van der Waals surface area (Å²) < 4.78 is 6.54. The van der Waals surface area contributed by atoms with Crippen molar-refractivity contribution in [1.29, 1.82) is 0 Å². The first-order valence-electron chi connectivity index (χ1n) is 9.31. The van der Waals surface area contributed by atoms with Crippen molar-refractivity contribution in [2.75, 3.05) is 0 Å². The minimum atomic E-state index is -0.283. The summed E-state index contributed by atoms with van der Waals surface area (Å²) in [4.78, 5) is 30.0. The molecular weight excluding hydrogens is 344 g/mol. The molecular formula is C20H22N4O3. The number of aryl methyl sites for hydroxylation is 3. The minimum Gasteiger partial charge on any atom is -0.348 e. The molecule has 1 aromatic carbocycles. The van der Waals surface area contributed by atoms with E-state index >= 15 is 0 Å². The van der Waals surface area contributed by atoms with Crippen LogP contribution in [0.4, 0.5) is 0 Å². The van der Waals surface area contributed by atoms with Crippen molar-refractivity contribution in [2.24, 2.45) is 0 Å². The number of amides is 1. The average molecular weight is 366 g/mol. The highest BCUT2D eigenvalue weighted by atomic mass is 16.5. The molecule has 0 saturated carbocycles.